The van der Waals surface area contributed by atoms with Crippen molar-refractivity contribution in [1.82, 2.24) is 5.43 Å². The van der Waals surface area contributed by atoms with Crippen LogP contribution in [0.15, 0.2) is 28.2 Å². The minimum absolute atomic E-state index is 0.0965. The van der Waals surface area contributed by atoms with E-state index in [1.54, 1.807) is 11.8 Å². The summed E-state index contributed by atoms with van der Waals surface area (Å²) in [5, 5.41) is 12.9. The number of nitrogens with one attached hydrogen (secondary N) is 1. The van der Waals surface area contributed by atoms with Crippen LogP contribution in [0.1, 0.15) is 45.1 Å². The Bertz CT molecular complexity index is 699. The minimum atomic E-state index is -0.821. The van der Waals surface area contributed by atoms with Crippen LogP contribution >= 0.6 is 24.4 Å². The number of carbonyl (C=O) groups is 2. The summed E-state index contributed by atoms with van der Waals surface area (Å²) in [5.41, 5.74) is 4.46. The number of benzene rings is 1. The van der Waals surface area contributed by atoms with Crippen LogP contribution in [0.3, 0.4) is 0 Å². The fraction of sp³-hybridized carbons (Fsp3) is 0.500. The quantitative estimate of drug-likeness (QED) is 0.356. The Morgan fingerprint density at radius 3 is 2.88 bits per heavy atom. The molecule has 6 nitrogen and oxygen atoms in total. The van der Waals surface area contributed by atoms with Gasteiger partial charge in [0.15, 0.2) is 0 Å². The van der Waals surface area contributed by atoms with Crippen molar-refractivity contribution in [3.63, 3.8) is 0 Å². The number of carboxylic acids is 1. The Kier molecular flexibility index (Phi) is 7.40. The monoisotopic (exact) mass is 396 g/mol. The second kappa shape index (κ2) is 9.32. The van der Waals surface area contributed by atoms with Crippen molar-refractivity contribution >= 4 is 42.0 Å². The summed E-state index contributed by atoms with van der Waals surface area (Å²) >= 11 is 6.07. The fourth-order valence-corrected chi connectivity index (χ4v) is 3.63. The second-order valence-electron chi connectivity index (χ2n) is 6.68. The van der Waals surface area contributed by atoms with Gasteiger partial charge in [0.1, 0.15) is 5.75 Å². The molecule has 0 unspecified atom stereocenters. The van der Waals surface area contributed by atoms with Gasteiger partial charge in [-0.05, 0) is 24.6 Å². The van der Waals surface area contributed by atoms with Gasteiger partial charge in [0.05, 0.1) is 12.3 Å². The number of aliphatic carboxylic acids is 1. The van der Waals surface area contributed by atoms with Crippen LogP contribution in [0.25, 0.3) is 0 Å². The van der Waals surface area contributed by atoms with Gasteiger partial charge in [-0.25, -0.2) is 5.43 Å². The maximum Gasteiger partial charge on any atom is 0.303 e. The topological polar surface area (TPSA) is 88.0 Å². The number of thioether (sulfide) groups is 1. The Labute approximate surface area is 163 Å². The Morgan fingerprint density at radius 1 is 1.42 bits per heavy atom. The van der Waals surface area contributed by atoms with Crippen molar-refractivity contribution in [3.05, 3.63) is 23.8 Å². The first-order chi connectivity index (χ1) is 12.2. The van der Waals surface area contributed by atoms with Crippen LogP contribution in [-0.2, 0) is 9.59 Å². The number of fused-ring (bicyclic) bond motifs is 1. The van der Waals surface area contributed by atoms with E-state index >= 15 is 0 Å². The molecule has 1 aliphatic heterocycles. The van der Waals surface area contributed by atoms with E-state index in [1.807, 2.05) is 32.0 Å². The van der Waals surface area contributed by atoms with E-state index in [4.69, 9.17) is 9.84 Å². The lowest BCUT2D eigenvalue weighted by Crippen LogP contribution is -2.27. The van der Waals surface area contributed by atoms with Crippen LogP contribution in [-0.4, -0.2) is 39.8 Å². The Balaban J connectivity index is 1.99. The van der Waals surface area contributed by atoms with Gasteiger partial charge in [-0.1, -0.05) is 13.8 Å². The molecular formula is C18H24N2O4S2. The molecule has 0 saturated heterocycles. The zero-order valence-electron chi connectivity index (χ0n) is 14.9. The average molecular weight is 397 g/mol. The molecule has 1 aromatic carbocycles. The van der Waals surface area contributed by atoms with Crippen molar-refractivity contribution < 1.29 is 19.4 Å². The predicted molar refractivity (Wildman–Crippen MR) is 107 cm³/mol. The molecule has 0 atom stereocenters. The molecular weight excluding hydrogens is 372 g/mol. The van der Waals surface area contributed by atoms with Crippen molar-refractivity contribution in [2.75, 3.05) is 12.4 Å². The molecule has 1 aliphatic rings. The molecule has 0 radical (unpaired) electrons. The lowest BCUT2D eigenvalue weighted by Gasteiger charge is -2.19. The molecule has 0 aliphatic carbocycles. The first-order valence-corrected chi connectivity index (χ1v) is 9.87. The highest BCUT2D eigenvalue weighted by Gasteiger charge is 2.19. The van der Waals surface area contributed by atoms with E-state index in [0.29, 0.717) is 18.8 Å². The maximum atomic E-state index is 11.9. The lowest BCUT2D eigenvalue weighted by atomic mass is 10.1. The van der Waals surface area contributed by atoms with E-state index < -0.39 is 5.97 Å². The highest BCUT2D eigenvalue weighted by atomic mass is 32.2. The number of carboxylic acid groups (broad SMARTS) is 1. The van der Waals surface area contributed by atoms with Crippen LogP contribution in [0.4, 0.5) is 0 Å². The van der Waals surface area contributed by atoms with Crippen molar-refractivity contribution in [1.29, 1.82) is 0 Å². The highest BCUT2D eigenvalue weighted by Crippen LogP contribution is 2.33. The SMILES string of the molecule is CC(C)(S)CC(=O)N/N=C1\CCSc2cc(OCCCC(=O)O)ccc21. The molecule has 0 aromatic heterocycles. The Morgan fingerprint density at radius 2 is 2.19 bits per heavy atom. The molecule has 142 valence electrons. The molecule has 0 bridgehead atoms. The number of rotatable bonds is 8. The van der Waals surface area contributed by atoms with Crippen LogP contribution in [0, 0.1) is 0 Å². The van der Waals surface area contributed by atoms with Gasteiger partial charge < -0.3 is 9.84 Å². The summed E-state index contributed by atoms with van der Waals surface area (Å²) in [7, 11) is 0. The third-order valence-corrected chi connectivity index (χ3v) is 4.79. The summed E-state index contributed by atoms with van der Waals surface area (Å²) in [6, 6.07) is 5.72. The number of carbonyl (C=O) groups excluding carboxylic acids is 1. The van der Waals surface area contributed by atoms with Gasteiger partial charge in [0, 0.05) is 40.2 Å². The predicted octanol–water partition coefficient (Wildman–Crippen LogP) is 3.34. The van der Waals surface area contributed by atoms with Crippen LogP contribution < -0.4 is 10.2 Å². The van der Waals surface area contributed by atoms with E-state index in [-0.39, 0.29) is 23.5 Å². The van der Waals surface area contributed by atoms with E-state index in [1.165, 1.54) is 0 Å². The number of thiol groups is 1. The first kappa shape index (κ1) is 20.6. The third-order valence-electron chi connectivity index (χ3n) is 3.57. The van der Waals surface area contributed by atoms with Crippen LogP contribution in [0.2, 0.25) is 0 Å². The zero-order chi connectivity index (χ0) is 19.2. The summed E-state index contributed by atoms with van der Waals surface area (Å²) in [5.74, 6) is 0.612. The molecule has 1 amide bonds. The van der Waals surface area contributed by atoms with Crippen molar-refractivity contribution in [3.8, 4) is 5.75 Å². The molecule has 1 heterocycles. The number of hydrazone groups is 1. The maximum absolute atomic E-state index is 11.9. The zero-order valence-corrected chi connectivity index (χ0v) is 16.7. The van der Waals surface area contributed by atoms with E-state index in [9.17, 15) is 9.59 Å². The normalized spacial score (nSPS) is 15.4. The summed E-state index contributed by atoms with van der Waals surface area (Å²) < 4.78 is 5.24. The average Bonchev–Trinajstić information content (AvgIpc) is 2.55. The molecule has 0 fully saturated rings. The fourth-order valence-electron chi connectivity index (χ4n) is 2.43. The smallest absolute Gasteiger partial charge is 0.303 e. The second-order valence-corrected chi connectivity index (χ2v) is 9.03. The molecule has 0 saturated carbocycles. The van der Waals surface area contributed by atoms with Crippen LogP contribution in [0.5, 0.6) is 5.75 Å². The Hall–Kier alpha value is -1.67. The summed E-state index contributed by atoms with van der Waals surface area (Å²) in [6.07, 6.45) is 1.64. The van der Waals surface area contributed by atoms with Gasteiger partial charge in [-0.3, -0.25) is 9.59 Å². The number of hydrogen-bond donors (Lipinski definition) is 3. The molecule has 1 aromatic rings. The number of hydrogen-bond acceptors (Lipinski definition) is 6. The number of nitrogens with zero attached hydrogens (tertiary/aromatic N) is 1. The first-order valence-electron chi connectivity index (χ1n) is 8.44. The van der Waals surface area contributed by atoms with E-state index in [0.717, 1.165) is 28.3 Å². The molecule has 2 N–H and O–H groups in total. The summed E-state index contributed by atoms with van der Waals surface area (Å²) in [4.78, 5) is 23.5. The van der Waals surface area contributed by atoms with Gasteiger partial charge in [-0.2, -0.15) is 17.7 Å². The highest BCUT2D eigenvalue weighted by molar-refractivity contribution is 7.99. The summed E-state index contributed by atoms with van der Waals surface area (Å²) in [6.45, 7) is 4.13. The van der Waals surface area contributed by atoms with Crippen molar-refractivity contribution in [2.45, 2.75) is 49.2 Å². The van der Waals surface area contributed by atoms with Crippen molar-refractivity contribution in [2.24, 2.45) is 5.10 Å². The van der Waals surface area contributed by atoms with Gasteiger partial charge in [0.25, 0.3) is 0 Å². The largest absolute Gasteiger partial charge is 0.494 e. The van der Waals surface area contributed by atoms with Gasteiger partial charge in [-0.15, -0.1) is 11.8 Å². The van der Waals surface area contributed by atoms with Gasteiger partial charge in [0.2, 0.25) is 5.91 Å². The molecule has 0 spiro atoms. The minimum Gasteiger partial charge on any atom is -0.494 e. The molecule has 26 heavy (non-hydrogen) atoms. The van der Waals surface area contributed by atoms with Gasteiger partial charge >= 0.3 is 5.97 Å². The van der Waals surface area contributed by atoms with E-state index in [2.05, 4.69) is 23.2 Å². The standard InChI is InChI=1S/C18H24N2O4S2/c1-18(2,25)11-16(21)20-19-14-7-9-26-15-10-12(5-6-13(14)15)24-8-3-4-17(22)23/h5-6,10,25H,3-4,7-9,11H2,1-2H3,(H,20,21)(H,22,23)/b19-14+. The molecule has 8 heteroatoms. The number of amides is 1. The number of ether oxygens (including phenoxy) is 1. The third kappa shape index (κ3) is 6.92. The molecule has 2 rings (SSSR count). The lowest BCUT2D eigenvalue weighted by molar-refractivity contribution is -0.137.